The second-order valence-electron chi connectivity index (χ2n) is 3.64. The van der Waals surface area contributed by atoms with Crippen molar-refractivity contribution in [2.24, 2.45) is 0 Å². The zero-order valence-electron chi connectivity index (χ0n) is 8.69. The molecule has 0 saturated heterocycles. The van der Waals surface area contributed by atoms with Crippen LogP contribution in [0.25, 0.3) is 6.08 Å². The van der Waals surface area contributed by atoms with Crippen LogP contribution in [-0.4, -0.2) is 0 Å². The molecule has 3 heteroatoms. The van der Waals surface area contributed by atoms with Crippen molar-refractivity contribution >= 4 is 40.0 Å². The van der Waals surface area contributed by atoms with E-state index in [2.05, 4.69) is 43.3 Å². The summed E-state index contributed by atoms with van der Waals surface area (Å²) < 4.78 is 0.387. The van der Waals surface area contributed by atoms with E-state index in [0.29, 0.717) is 3.12 Å². The van der Waals surface area contributed by atoms with Gasteiger partial charge < -0.3 is 0 Å². The number of benzene rings is 1. The zero-order valence-corrected chi connectivity index (χ0v) is 14.6. The number of fused-ring (bicyclic) bond motifs is 1. The first-order valence-electron chi connectivity index (χ1n) is 4.80. The Labute approximate surface area is 128 Å². The molecule has 1 unspecified atom stereocenters. The quantitative estimate of drug-likeness (QED) is 0.678. The fourth-order valence-electron chi connectivity index (χ4n) is 1.98. The van der Waals surface area contributed by atoms with Crippen LogP contribution in [0.2, 0.25) is 0 Å². The van der Waals surface area contributed by atoms with Gasteiger partial charge in [-0.05, 0) is 0 Å². The molecule has 0 nitrogen and oxygen atoms in total. The average Bonchev–Trinajstić information content (AvgIpc) is 2.46. The summed E-state index contributed by atoms with van der Waals surface area (Å²) in [4.78, 5) is 0. The number of allylic oxidation sites excluding steroid dienone is 1. The van der Waals surface area contributed by atoms with Gasteiger partial charge in [0.25, 0.3) is 0 Å². The molecule has 0 spiro atoms. The number of halogens is 2. The van der Waals surface area contributed by atoms with Crippen molar-refractivity contribution in [2.45, 2.75) is 22.9 Å². The van der Waals surface area contributed by atoms with Crippen LogP contribution >= 0.6 is 34.0 Å². The standard InChI is InChI=1S/C12H13.2BrH.Zr/c1-2-5-10-8-9-11-6-3-4-7-12(10)11;;;/h3-4,6-9H,2,5H2,1H3;2*1H;. The Morgan fingerprint density at radius 1 is 1.20 bits per heavy atom. The molecule has 0 saturated carbocycles. The van der Waals surface area contributed by atoms with E-state index in [9.17, 15) is 0 Å². The predicted octanol–water partition coefficient (Wildman–Crippen LogP) is 4.41. The molecule has 0 amide bonds. The van der Waals surface area contributed by atoms with Crippen LogP contribution in [0.3, 0.4) is 0 Å². The van der Waals surface area contributed by atoms with E-state index in [1.807, 2.05) is 0 Å². The van der Waals surface area contributed by atoms with E-state index in [0.717, 1.165) is 0 Å². The van der Waals surface area contributed by atoms with Gasteiger partial charge in [-0.1, -0.05) is 0 Å². The summed E-state index contributed by atoms with van der Waals surface area (Å²) >= 11 is 1.62. The van der Waals surface area contributed by atoms with Crippen LogP contribution in [0.4, 0.5) is 0 Å². The van der Waals surface area contributed by atoms with Crippen LogP contribution in [0.5, 0.6) is 0 Å². The van der Waals surface area contributed by atoms with E-state index < -0.39 is 0 Å². The number of hydrogen-bond acceptors (Lipinski definition) is 0. The molecule has 0 bridgehead atoms. The van der Waals surface area contributed by atoms with Gasteiger partial charge >= 0.3 is 95.2 Å². The molecule has 1 atom stereocenters. The molecule has 1 aliphatic carbocycles. The molecule has 0 N–H and O–H groups in total. The maximum absolute atomic E-state index is 2.39. The molecule has 0 aliphatic heterocycles. The van der Waals surface area contributed by atoms with E-state index in [4.69, 9.17) is 0 Å². The van der Waals surface area contributed by atoms with Crippen molar-refractivity contribution in [2.75, 3.05) is 0 Å². The first kappa shape index (κ1) is 15.8. The Morgan fingerprint density at radius 2 is 1.87 bits per heavy atom. The Balaban J connectivity index is 0.000000980. The summed E-state index contributed by atoms with van der Waals surface area (Å²) in [7, 11) is 0. The minimum absolute atomic E-state index is 0. The van der Waals surface area contributed by atoms with Gasteiger partial charge in [-0.15, -0.1) is 34.0 Å². The van der Waals surface area contributed by atoms with Gasteiger partial charge in [0.1, 0.15) is 0 Å². The summed E-state index contributed by atoms with van der Waals surface area (Å²) in [6, 6.07) is 8.77. The third kappa shape index (κ3) is 3.14. The van der Waals surface area contributed by atoms with Gasteiger partial charge in [-0.2, -0.15) is 0 Å². The van der Waals surface area contributed by atoms with Crippen molar-refractivity contribution in [3.05, 3.63) is 41.5 Å². The molecular weight excluding hydrogens is 395 g/mol. The molecule has 15 heavy (non-hydrogen) atoms. The molecule has 1 aromatic rings. The summed E-state index contributed by atoms with van der Waals surface area (Å²) in [5, 5.41) is 0. The van der Waals surface area contributed by atoms with Crippen molar-refractivity contribution in [1.82, 2.24) is 0 Å². The van der Waals surface area contributed by atoms with Crippen molar-refractivity contribution in [3.63, 3.8) is 0 Å². The van der Waals surface area contributed by atoms with Gasteiger partial charge in [0.2, 0.25) is 0 Å². The molecule has 0 radical (unpaired) electrons. The number of hydrogen-bond donors (Lipinski definition) is 0. The van der Waals surface area contributed by atoms with Crippen molar-refractivity contribution < 1.29 is 24.7 Å². The number of rotatable bonds is 2. The molecule has 1 aliphatic rings. The Kier molecular flexibility index (Phi) is 6.87. The van der Waals surface area contributed by atoms with Gasteiger partial charge in [-0.25, -0.2) is 0 Å². The van der Waals surface area contributed by atoms with Crippen LogP contribution in [0.1, 0.15) is 30.9 Å². The first-order valence-corrected chi connectivity index (χ1v) is 6.03. The van der Waals surface area contributed by atoms with E-state index in [1.165, 1.54) is 24.0 Å². The third-order valence-electron chi connectivity index (χ3n) is 2.63. The first-order chi connectivity index (χ1) is 6.26. The Bertz CT molecular complexity index is 349. The molecule has 81 valence electrons. The molecule has 1 aromatic carbocycles. The maximum atomic E-state index is 2.39. The average molecular weight is 410 g/mol. The molecule has 0 aromatic heterocycles. The topological polar surface area (TPSA) is 0 Å². The van der Waals surface area contributed by atoms with Crippen LogP contribution in [-0.2, 0) is 27.8 Å². The van der Waals surface area contributed by atoms with Crippen LogP contribution < -0.4 is 0 Å². The van der Waals surface area contributed by atoms with Gasteiger partial charge in [0.15, 0.2) is 0 Å². The van der Waals surface area contributed by atoms with E-state index in [-0.39, 0.29) is 34.0 Å². The predicted molar refractivity (Wildman–Crippen MR) is 72.7 cm³/mol. The second-order valence-corrected chi connectivity index (χ2v) is 5.84. The monoisotopic (exact) mass is 407 g/mol. The van der Waals surface area contributed by atoms with Crippen molar-refractivity contribution in [1.29, 1.82) is 0 Å². The SMILES string of the molecule is Br.Br.CCC[C]1([Zr])C=Cc2ccccc21. The van der Waals surface area contributed by atoms with Gasteiger partial charge in [0, 0.05) is 0 Å². The van der Waals surface area contributed by atoms with Gasteiger partial charge in [-0.3, -0.25) is 0 Å². The summed E-state index contributed by atoms with van der Waals surface area (Å²) in [6.07, 6.45) is 7.22. The van der Waals surface area contributed by atoms with E-state index in [1.54, 1.807) is 24.7 Å². The Hall–Kier alpha value is 0.803. The molecule has 2 rings (SSSR count). The van der Waals surface area contributed by atoms with E-state index >= 15 is 0 Å². The Morgan fingerprint density at radius 3 is 2.53 bits per heavy atom. The van der Waals surface area contributed by atoms with Gasteiger partial charge in [0.05, 0.1) is 0 Å². The fourth-order valence-corrected chi connectivity index (χ4v) is 3.36. The summed E-state index contributed by atoms with van der Waals surface area (Å²) in [6.45, 7) is 2.26. The fraction of sp³-hybridized carbons (Fsp3) is 0.333. The van der Waals surface area contributed by atoms with Crippen molar-refractivity contribution in [3.8, 4) is 0 Å². The third-order valence-corrected chi connectivity index (χ3v) is 4.32. The molecular formula is C12H15Br2Zr. The van der Waals surface area contributed by atoms with Crippen LogP contribution in [0, 0.1) is 0 Å². The normalized spacial score (nSPS) is 21.3. The summed E-state index contributed by atoms with van der Waals surface area (Å²) in [5.41, 5.74) is 2.96. The summed E-state index contributed by atoms with van der Waals surface area (Å²) in [5.74, 6) is 0. The zero-order chi connectivity index (χ0) is 9.31. The van der Waals surface area contributed by atoms with Crippen LogP contribution in [0.15, 0.2) is 30.3 Å². The second kappa shape index (κ2) is 6.52. The molecule has 0 heterocycles. The molecule has 0 fully saturated rings. The minimum atomic E-state index is 0.